The maximum absolute atomic E-state index is 13.6. The fraction of sp³-hybridized carbons (Fsp3) is 0.714. The van der Waals surface area contributed by atoms with Crippen molar-refractivity contribution in [3.63, 3.8) is 0 Å². The van der Waals surface area contributed by atoms with Gasteiger partial charge in [-0.05, 0) is 43.8 Å². The van der Waals surface area contributed by atoms with Crippen LogP contribution in [-0.2, 0) is 33.6 Å². The monoisotopic (exact) mass is 670 g/mol. The highest BCUT2D eigenvalue weighted by molar-refractivity contribution is 7.99. The third-order valence-electron chi connectivity index (χ3n) is 6.57. The van der Waals surface area contributed by atoms with Crippen LogP contribution < -0.4 is 43.8 Å². The van der Waals surface area contributed by atoms with Crippen LogP contribution in [0.1, 0.15) is 58.8 Å². The van der Waals surface area contributed by atoms with E-state index in [1.165, 1.54) is 16.7 Å². The zero-order chi connectivity index (χ0) is 34.5. The van der Waals surface area contributed by atoms with Crippen LogP contribution in [0.3, 0.4) is 0 Å². The Morgan fingerprint density at radius 3 is 2.20 bits per heavy atom. The van der Waals surface area contributed by atoms with Gasteiger partial charge in [0.05, 0.1) is 19.6 Å². The lowest BCUT2D eigenvalue weighted by atomic mass is 10.1. The second-order valence-corrected chi connectivity index (χ2v) is 12.3. The number of carbonyl (C=O) groups is 7. The van der Waals surface area contributed by atoms with Gasteiger partial charge >= 0.3 is 0 Å². The summed E-state index contributed by atoms with van der Waals surface area (Å²) in [7, 11) is 0. The number of nitrogens with two attached hydrogens (primary N) is 3. The van der Waals surface area contributed by atoms with E-state index in [-0.39, 0.29) is 67.8 Å². The molecule has 0 aliphatic carbocycles. The Bertz CT molecular complexity index is 1080. The quantitative estimate of drug-likeness (QED) is 0.0329. The molecule has 1 heterocycles. The van der Waals surface area contributed by atoms with Crippen molar-refractivity contribution in [2.75, 3.05) is 50.8 Å². The smallest absolute Gasteiger partial charge is 0.246 e. The molecular weight excluding hydrogens is 620 g/mol. The number of guanidine groups is 1. The van der Waals surface area contributed by atoms with Crippen molar-refractivity contribution in [2.45, 2.75) is 70.9 Å². The predicted molar refractivity (Wildman–Crippen MR) is 174 cm³/mol. The van der Waals surface area contributed by atoms with Crippen LogP contribution in [0, 0.1) is 5.92 Å². The molecule has 7 amide bonds. The van der Waals surface area contributed by atoms with Crippen molar-refractivity contribution in [2.24, 2.45) is 28.1 Å². The molecule has 18 heteroatoms. The van der Waals surface area contributed by atoms with E-state index < -0.39 is 35.7 Å². The minimum Gasteiger partial charge on any atom is -0.370 e. The molecule has 1 aliphatic rings. The first-order valence-electron chi connectivity index (χ1n) is 15.4. The Morgan fingerprint density at radius 2 is 1.52 bits per heavy atom. The predicted octanol–water partition coefficient (Wildman–Crippen LogP) is -2.97. The number of aliphatic imine (C=N–C) groups is 1. The Morgan fingerprint density at radius 1 is 0.848 bits per heavy atom. The lowest BCUT2D eigenvalue weighted by Crippen LogP contribution is -2.55. The van der Waals surface area contributed by atoms with Gasteiger partial charge in [0, 0.05) is 38.2 Å². The van der Waals surface area contributed by atoms with Crippen molar-refractivity contribution in [3.05, 3.63) is 0 Å². The number of primary amides is 1. The van der Waals surface area contributed by atoms with Crippen molar-refractivity contribution < 1.29 is 33.6 Å². The molecule has 1 fully saturated rings. The Labute approximate surface area is 273 Å². The fourth-order valence-corrected chi connectivity index (χ4v) is 5.35. The van der Waals surface area contributed by atoms with Gasteiger partial charge in [-0.1, -0.05) is 13.8 Å². The summed E-state index contributed by atoms with van der Waals surface area (Å²) in [5.74, 6) is -2.33. The molecule has 1 saturated heterocycles. The first-order chi connectivity index (χ1) is 21.8. The highest BCUT2D eigenvalue weighted by Crippen LogP contribution is 2.20. The van der Waals surface area contributed by atoms with E-state index in [9.17, 15) is 33.6 Å². The molecule has 1 rings (SSSR count). The summed E-state index contributed by atoms with van der Waals surface area (Å²) < 4.78 is 0. The summed E-state index contributed by atoms with van der Waals surface area (Å²) in [4.78, 5) is 91.1. The molecule has 0 bridgehead atoms. The third-order valence-corrected chi connectivity index (χ3v) is 7.72. The van der Waals surface area contributed by atoms with E-state index in [0.717, 1.165) is 0 Å². The van der Waals surface area contributed by atoms with Gasteiger partial charge in [-0.2, -0.15) is 11.8 Å². The Balaban J connectivity index is 2.69. The number of hydrogen-bond acceptors (Lipinski definition) is 9. The molecule has 0 aromatic carbocycles. The van der Waals surface area contributed by atoms with Crippen LogP contribution in [0.5, 0.6) is 0 Å². The molecule has 0 aromatic heterocycles. The minimum atomic E-state index is -0.963. The van der Waals surface area contributed by atoms with Crippen LogP contribution in [-0.4, -0.2) is 115 Å². The molecular formula is C28H50N10O7S. The van der Waals surface area contributed by atoms with Gasteiger partial charge in [0.2, 0.25) is 41.4 Å². The molecule has 0 spiro atoms. The largest absolute Gasteiger partial charge is 0.370 e. The van der Waals surface area contributed by atoms with E-state index >= 15 is 0 Å². The summed E-state index contributed by atoms with van der Waals surface area (Å²) >= 11 is 1.34. The number of nitrogens with one attached hydrogen (secondary N) is 5. The molecule has 0 unspecified atom stereocenters. The van der Waals surface area contributed by atoms with Gasteiger partial charge in [0.1, 0.15) is 12.1 Å². The zero-order valence-corrected chi connectivity index (χ0v) is 27.5. The molecule has 46 heavy (non-hydrogen) atoms. The lowest BCUT2D eigenvalue weighted by Gasteiger charge is -2.28. The van der Waals surface area contributed by atoms with Gasteiger partial charge in [-0.25, -0.2) is 0 Å². The second kappa shape index (κ2) is 22.4. The number of likely N-dealkylation sites (tertiary alicyclic amines) is 1. The molecule has 0 radical (unpaired) electrons. The van der Waals surface area contributed by atoms with Gasteiger partial charge in [0.15, 0.2) is 5.96 Å². The Hall–Kier alpha value is -4.09. The van der Waals surface area contributed by atoms with Gasteiger partial charge in [-0.15, -0.1) is 0 Å². The second-order valence-electron chi connectivity index (χ2n) is 11.2. The minimum absolute atomic E-state index is 0.00744. The number of unbranched alkanes of at least 4 members (excludes halogenated alkanes) is 1. The number of nitrogens with zero attached hydrogens (tertiary/aromatic N) is 2. The first-order valence-corrected chi connectivity index (χ1v) is 16.5. The fourth-order valence-electron chi connectivity index (χ4n) is 4.37. The highest BCUT2D eigenvalue weighted by Gasteiger charge is 2.37. The lowest BCUT2D eigenvalue weighted by molar-refractivity contribution is -0.140. The van der Waals surface area contributed by atoms with E-state index in [0.29, 0.717) is 57.5 Å². The van der Waals surface area contributed by atoms with Crippen molar-refractivity contribution in [3.8, 4) is 0 Å². The molecule has 0 aromatic rings. The van der Waals surface area contributed by atoms with Crippen LogP contribution in [0.2, 0.25) is 0 Å². The molecule has 0 saturated carbocycles. The van der Waals surface area contributed by atoms with E-state index in [4.69, 9.17) is 17.2 Å². The van der Waals surface area contributed by atoms with Gasteiger partial charge < -0.3 is 48.7 Å². The van der Waals surface area contributed by atoms with E-state index in [2.05, 4.69) is 31.6 Å². The number of thioether (sulfide) groups is 1. The first kappa shape index (κ1) is 39.9. The molecule has 1 aliphatic heterocycles. The summed E-state index contributed by atoms with van der Waals surface area (Å²) in [6, 6.07) is -1.64. The maximum Gasteiger partial charge on any atom is 0.246 e. The number of hydrogen-bond donors (Lipinski definition) is 8. The van der Waals surface area contributed by atoms with Crippen molar-refractivity contribution in [1.29, 1.82) is 0 Å². The Kier molecular flexibility index (Phi) is 19.5. The van der Waals surface area contributed by atoms with Crippen molar-refractivity contribution >= 4 is 59.1 Å². The van der Waals surface area contributed by atoms with Crippen LogP contribution in [0.4, 0.5) is 0 Å². The average molecular weight is 671 g/mol. The molecule has 260 valence electrons. The normalized spacial score (nSPS) is 14.6. The van der Waals surface area contributed by atoms with Crippen LogP contribution in [0.15, 0.2) is 4.99 Å². The summed E-state index contributed by atoms with van der Waals surface area (Å²) in [5.41, 5.74) is 15.6. The SMILES string of the molecule is CC(C)CC(=O)NCC(=O)N[C@@H](CSCCCC(=O)NCC(=O)NCC(N)=O)C(=O)N1CCC[C@H]1C(=O)NCCCCN=C(N)N. The number of rotatable bonds is 22. The molecule has 11 N–H and O–H groups in total. The molecule has 2 atom stereocenters. The summed E-state index contributed by atoms with van der Waals surface area (Å²) in [6.07, 6.45) is 3.25. The third kappa shape index (κ3) is 18.0. The van der Waals surface area contributed by atoms with Gasteiger partial charge in [-0.3, -0.25) is 38.6 Å². The zero-order valence-electron chi connectivity index (χ0n) is 26.7. The maximum atomic E-state index is 13.6. The van der Waals surface area contributed by atoms with Crippen LogP contribution >= 0.6 is 11.8 Å². The molecule has 17 nitrogen and oxygen atoms in total. The number of amides is 7. The standard InChI is InChI=1S/C28H50N10O7S/c1-18(2)13-23(41)36-16-25(43)37-19(17-46-12-6-8-22(40)35-15-24(42)34-14-21(29)39)27(45)38-11-5-7-20(38)26(44)32-9-3-4-10-33-28(30)31/h18-20H,3-17H2,1-2H3,(H2,29,39)(H,32,44)(H,34,42)(H,35,40)(H,36,41)(H,37,43)(H4,30,31,33)/t19-,20-/m0/s1. The summed E-state index contributed by atoms with van der Waals surface area (Å²) in [6.45, 7) is 4.06. The number of carbonyl (C=O) groups excluding carboxylic acids is 7. The van der Waals surface area contributed by atoms with E-state index in [1.54, 1.807) is 0 Å². The highest BCUT2D eigenvalue weighted by atomic mass is 32.2. The topological polar surface area (TPSA) is 273 Å². The average Bonchev–Trinajstić information content (AvgIpc) is 3.48. The van der Waals surface area contributed by atoms with E-state index in [1.807, 2.05) is 13.8 Å². The van der Waals surface area contributed by atoms with Gasteiger partial charge in [0.25, 0.3) is 0 Å². The summed E-state index contributed by atoms with van der Waals surface area (Å²) in [5, 5.41) is 12.8. The van der Waals surface area contributed by atoms with Crippen molar-refractivity contribution in [1.82, 2.24) is 31.5 Å². The van der Waals surface area contributed by atoms with Crippen LogP contribution in [0.25, 0.3) is 0 Å².